The molecular weight excluding hydrogens is 174 g/mol. The number of carbonyl (C=O) groups excluding carboxylic acids is 1. The molecule has 2 rings (SSSR count). The van der Waals surface area contributed by atoms with Crippen molar-refractivity contribution < 1.29 is 4.79 Å². The number of carbonyl (C=O) groups is 1. The molecule has 0 fully saturated rings. The second kappa shape index (κ2) is 3.66. The summed E-state index contributed by atoms with van der Waals surface area (Å²) in [5.74, 6) is 0.239. The standard InChI is InChI=1S/C12H13NO/c1-9(14)6-7-11-8-10-4-2-3-5-12(10)13-11/h2-5,8,13H,6-7H2,1H3. The number of aryl methyl sites for hydroxylation is 1. The average Bonchev–Trinajstić information content (AvgIpc) is 2.57. The second-order valence-corrected chi connectivity index (χ2v) is 3.58. The number of Topliss-reactive ketones (excluding diaryl/α,β-unsaturated/α-hetero) is 1. The van der Waals surface area contributed by atoms with E-state index in [9.17, 15) is 4.79 Å². The van der Waals surface area contributed by atoms with Gasteiger partial charge in [0, 0.05) is 17.6 Å². The Morgan fingerprint density at radius 2 is 2.14 bits per heavy atom. The van der Waals surface area contributed by atoms with Gasteiger partial charge < -0.3 is 9.78 Å². The van der Waals surface area contributed by atoms with Crippen LogP contribution in [0.25, 0.3) is 10.9 Å². The molecule has 0 atom stereocenters. The fourth-order valence-corrected chi connectivity index (χ4v) is 1.58. The first-order valence-electron chi connectivity index (χ1n) is 4.82. The van der Waals surface area contributed by atoms with Crippen LogP contribution in [-0.4, -0.2) is 10.8 Å². The van der Waals surface area contributed by atoms with Crippen molar-refractivity contribution in [1.82, 2.24) is 4.98 Å². The maximum absolute atomic E-state index is 10.8. The smallest absolute Gasteiger partial charge is 0.130 e. The fourth-order valence-electron chi connectivity index (χ4n) is 1.58. The molecule has 1 aromatic heterocycles. The van der Waals surface area contributed by atoms with Crippen molar-refractivity contribution >= 4 is 16.7 Å². The number of nitrogens with one attached hydrogen (secondary N) is 1. The van der Waals surface area contributed by atoms with Gasteiger partial charge in [0.2, 0.25) is 0 Å². The molecule has 14 heavy (non-hydrogen) atoms. The molecule has 2 nitrogen and oxygen atoms in total. The lowest BCUT2D eigenvalue weighted by Gasteiger charge is -1.92. The lowest BCUT2D eigenvalue weighted by Crippen LogP contribution is -1.93. The number of aromatic nitrogens is 1. The zero-order valence-corrected chi connectivity index (χ0v) is 8.21. The summed E-state index contributed by atoms with van der Waals surface area (Å²) in [4.78, 5) is 14.1. The first kappa shape index (κ1) is 9.00. The van der Waals surface area contributed by atoms with Crippen LogP contribution in [0.1, 0.15) is 19.0 Å². The molecule has 2 aromatic rings. The summed E-state index contributed by atoms with van der Waals surface area (Å²) >= 11 is 0. The predicted octanol–water partition coefficient (Wildman–Crippen LogP) is 2.69. The van der Waals surface area contributed by atoms with E-state index < -0.39 is 0 Å². The molecule has 0 radical (unpaired) electrons. The van der Waals surface area contributed by atoms with Crippen LogP contribution in [0, 0.1) is 0 Å². The highest BCUT2D eigenvalue weighted by molar-refractivity contribution is 5.80. The molecule has 1 N–H and O–H groups in total. The minimum Gasteiger partial charge on any atom is -0.358 e. The lowest BCUT2D eigenvalue weighted by molar-refractivity contribution is -0.116. The summed E-state index contributed by atoms with van der Waals surface area (Å²) in [6.07, 6.45) is 1.43. The van der Waals surface area contributed by atoms with Gasteiger partial charge in [0.05, 0.1) is 0 Å². The van der Waals surface area contributed by atoms with Crippen molar-refractivity contribution in [1.29, 1.82) is 0 Å². The van der Waals surface area contributed by atoms with Gasteiger partial charge in [0.15, 0.2) is 0 Å². The van der Waals surface area contributed by atoms with E-state index in [-0.39, 0.29) is 5.78 Å². The molecule has 2 heteroatoms. The zero-order chi connectivity index (χ0) is 9.97. The maximum Gasteiger partial charge on any atom is 0.130 e. The number of ketones is 1. The van der Waals surface area contributed by atoms with Gasteiger partial charge in [-0.2, -0.15) is 0 Å². The van der Waals surface area contributed by atoms with E-state index in [0.29, 0.717) is 6.42 Å². The van der Waals surface area contributed by atoms with Gasteiger partial charge in [-0.25, -0.2) is 0 Å². The molecule has 0 aliphatic rings. The van der Waals surface area contributed by atoms with Crippen LogP contribution in [0.5, 0.6) is 0 Å². The monoisotopic (exact) mass is 187 g/mol. The number of rotatable bonds is 3. The van der Waals surface area contributed by atoms with E-state index in [0.717, 1.165) is 17.6 Å². The van der Waals surface area contributed by atoms with Crippen LogP contribution < -0.4 is 0 Å². The third-order valence-electron chi connectivity index (χ3n) is 2.33. The third kappa shape index (κ3) is 1.84. The topological polar surface area (TPSA) is 32.9 Å². The Bertz CT molecular complexity index is 423. The number of fused-ring (bicyclic) bond motifs is 1. The number of aromatic amines is 1. The van der Waals surface area contributed by atoms with Crippen LogP contribution in [0.4, 0.5) is 0 Å². The van der Waals surface area contributed by atoms with E-state index in [1.54, 1.807) is 6.92 Å². The van der Waals surface area contributed by atoms with Gasteiger partial charge in [0.25, 0.3) is 0 Å². The number of para-hydroxylation sites is 1. The van der Waals surface area contributed by atoms with Gasteiger partial charge in [-0.1, -0.05) is 18.2 Å². The zero-order valence-electron chi connectivity index (χ0n) is 8.21. The van der Waals surface area contributed by atoms with Gasteiger partial charge in [0.1, 0.15) is 5.78 Å². The van der Waals surface area contributed by atoms with Gasteiger partial charge >= 0.3 is 0 Å². The number of hydrogen-bond acceptors (Lipinski definition) is 1. The van der Waals surface area contributed by atoms with Crippen LogP contribution in [-0.2, 0) is 11.2 Å². The summed E-state index contributed by atoms with van der Waals surface area (Å²) in [5, 5.41) is 1.21. The molecule has 0 saturated carbocycles. The lowest BCUT2D eigenvalue weighted by atomic mass is 10.2. The maximum atomic E-state index is 10.8. The van der Waals surface area contributed by atoms with E-state index in [1.807, 2.05) is 18.2 Å². The van der Waals surface area contributed by atoms with Crippen molar-refractivity contribution in [3.63, 3.8) is 0 Å². The molecule has 1 heterocycles. The number of hydrogen-bond donors (Lipinski definition) is 1. The van der Waals surface area contributed by atoms with Crippen LogP contribution in [0.15, 0.2) is 30.3 Å². The molecule has 72 valence electrons. The quantitative estimate of drug-likeness (QED) is 0.787. The SMILES string of the molecule is CC(=O)CCc1cc2ccccc2[nH]1. The number of benzene rings is 1. The molecule has 0 saturated heterocycles. The largest absolute Gasteiger partial charge is 0.358 e. The first-order valence-corrected chi connectivity index (χ1v) is 4.82. The Hall–Kier alpha value is -1.57. The van der Waals surface area contributed by atoms with E-state index in [2.05, 4.69) is 17.1 Å². The minimum atomic E-state index is 0.239. The highest BCUT2D eigenvalue weighted by atomic mass is 16.1. The van der Waals surface area contributed by atoms with E-state index in [4.69, 9.17) is 0 Å². The summed E-state index contributed by atoms with van der Waals surface area (Å²) in [6.45, 7) is 1.63. The molecular formula is C12H13NO. The van der Waals surface area contributed by atoms with Gasteiger partial charge in [-0.05, 0) is 30.9 Å². The van der Waals surface area contributed by atoms with Crippen molar-refractivity contribution in [2.45, 2.75) is 19.8 Å². The molecule has 1 aromatic carbocycles. The summed E-state index contributed by atoms with van der Waals surface area (Å²) in [7, 11) is 0. The first-order chi connectivity index (χ1) is 6.75. The summed E-state index contributed by atoms with van der Waals surface area (Å²) in [6, 6.07) is 10.3. The van der Waals surface area contributed by atoms with Gasteiger partial charge in [-0.15, -0.1) is 0 Å². The summed E-state index contributed by atoms with van der Waals surface area (Å²) < 4.78 is 0. The van der Waals surface area contributed by atoms with Gasteiger partial charge in [-0.3, -0.25) is 0 Å². The Kier molecular flexibility index (Phi) is 2.35. The molecule has 0 bridgehead atoms. The molecule has 0 spiro atoms. The second-order valence-electron chi connectivity index (χ2n) is 3.58. The van der Waals surface area contributed by atoms with Crippen LogP contribution in [0.3, 0.4) is 0 Å². The van der Waals surface area contributed by atoms with E-state index >= 15 is 0 Å². The molecule has 0 aliphatic heterocycles. The van der Waals surface area contributed by atoms with Crippen LogP contribution in [0.2, 0.25) is 0 Å². The van der Waals surface area contributed by atoms with Crippen molar-refractivity contribution in [2.24, 2.45) is 0 Å². The predicted molar refractivity (Wildman–Crippen MR) is 57.3 cm³/mol. The third-order valence-corrected chi connectivity index (χ3v) is 2.33. The highest BCUT2D eigenvalue weighted by Gasteiger charge is 2.00. The Balaban J connectivity index is 2.22. The molecule has 0 unspecified atom stereocenters. The Morgan fingerprint density at radius 3 is 2.86 bits per heavy atom. The minimum absolute atomic E-state index is 0.239. The molecule has 0 aliphatic carbocycles. The van der Waals surface area contributed by atoms with E-state index in [1.165, 1.54) is 5.39 Å². The van der Waals surface area contributed by atoms with Crippen LogP contribution >= 0.6 is 0 Å². The normalized spacial score (nSPS) is 10.6. The highest BCUT2D eigenvalue weighted by Crippen LogP contribution is 2.15. The number of H-pyrrole nitrogens is 1. The Labute approximate surface area is 82.9 Å². The molecule has 0 amide bonds. The van der Waals surface area contributed by atoms with Crippen molar-refractivity contribution in [3.05, 3.63) is 36.0 Å². The Morgan fingerprint density at radius 1 is 1.36 bits per heavy atom. The fraction of sp³-hybridized carbons (Fsp3) is 0.250. The summed E-state index contributed by atoms with van der Waals surface area (Å²) in [5.41, 5.74) is 2.28. The van der Waals surface area contributed by atoms with Crippen molar-refractivity contribution in [2.75, 3.05) is 0 Å². The van der Waals surface area contributed by atoms with Crippen molar-refractivity contribution in [3.8, 4) is 0 Å². The average molecular weight is 187 g/mol.